The molecule has 0 aromatic heterocycles. The van der Waals surface area contributed by atoms with E-state index in [0.29, 0.717) is 0 Å². The van der Waals surface area contributed by atoms with Gasteiger partial charge >= 0.3 is 0 Å². The largest absolute Gasteiger partial charge is 0.244 e. The molecule has 0 radical (unpaired) electrons. The molecule has 0 amide bonds. The van der Waals surface area contributed by atoms with Crippen molar-refractivity contribution in [2.75, 3.05) is 12.5 Å². The summed E-state index contributed by atoms with van der Waals surface area (Å²) in [5, 5.41) is 0. The van der Waals surface area contributed by atoms with Crippen LogP contribution >= 0.6 is 37.8 Å². The second kappa shape index (κ2) is 10.2. The fraction of sp³-hybridized carbons (Fsp3) is 0.0769. The van der Waals surface area contributed by atoms with Crippen LogP contribution in [0, 0.1) is 0 Å². The minimum Gasteiger partial charge on any atom is -0.207 e. The first kappa shape index (κ1) is 24.4. The van der Waals surface area contributed by atoms with Crippen molar-refractivity contribution in [3.8, 4) is 0 Å². The summed E-state index contributed by atoms with van der Waals surface area (Å²) < 4.78 is 29.8. The van der Waals surface area contributed by atoms with E-state index >= 15 is 0 Å². The molecular weight excluding hydrogens is 505 g/mol. The van der Waals surface area contributed by atoms with E-state index in [4.69, 9.17) is 0 Å². The molecule has 2 unspecified atom stereocenters. The number of hydrogen-bond donors (Lipinski definition) is 0. The zero-order chi connectivity index (χ0) is 23.4. The maximum absolute atomic E-state index is 14.9. The summed E-state index contributed by atoms with van der Waals surface area (Å²) in [6.07, 6.45) is 3.88. The molecular formula is C26H26O2S5. The van der Waals surface area contributed by atoms with Gasteiger partial charge in [0, 0.05) is 19.6 Å². The minimum absolute atomic E-state index is 0.863. The van der Waals surface area contributed by atoms with Crippen molar-refractivity contribution < 1.29 is 8.42 Å². The third-order valence-electron chi connectivity index (χ3n) is 5.12. The topological polar surface area (TPSA) is 34.1 Å². The predicted molar refractivity (Wildman–Crippen MR) is 150 cm³/mol. The fourth-order valence-electron chi connectivity index (χ4n) is 3.32. The van der Waals surface area contributed by atoms with Gasteiger partial charge in [0.1, 0.15) is 0 Å². The van der Waals surface area contributed by atoms with Crippen LogP contribution in [0.25, 0.3) is 0 Å². The number of benzene rings is 4. The number of rotatable bonds is 8. The van der Waals surface area contributed by atoms with Crippen LogP contribution < -0.4 is 0 Å². The molecule has 4 aromatic carbocycles. The standard InChI is InChI=1S/C26H26O2S5/c1-31(25-19-11-5-12-20-25,29-23-15-7-3-8-16-23)33(27,28)32(2,26-21-13-6-14-22-26)30-24-17-9-4-10-18-24/h3-22H,1-2H3. The van der Waals surface area contributed by atoms with Crippen LogP contribution in [-0.2, 0) is 7.90 Å². The summed E-state index contributed by atoms with van der Waals surface area (Å²) in [6, 6.07) is 39.2. The zero-order valence-electron chi connectivity index (χ0n) is 18.4. The van der Waals surface area contributed by atoms with Gasteiger partial charge in [-0.3, -0.25) is 0 Å². The Morgan fingerprint density at radius 1 is 0.455 bits per heavy atom. The molecule has 172 valence electrons. The molecule has 4 rings (SSSR count). The Morgan fingerprint density at radius 2 is 0.727 bits per heavy atom. The minimum atomic E-state index is -3.67. The molecule has 0 fully saturated rings. The lowest BCUT2D eigenvalue weighted by molar-refractivity contribution is 0.622. The van der Waals surface area contributed by atoms with Gasteiger partial charge in [0.15, 0.2) is 0 Å². The molecule has 0 saturated carbocycles. The Bertz CT molecular complexity index is 1190. The lowest BCUT2D eigenvalue weighted by Gasteiger charge is -2.45. The van der Waals surface area contributed by atoms with E-state index in [9.17, 15) is 8.42 Å². The molecule has 0 aliphatic heterocycles. The van der Waals surface area contributed by atoms with Crippen molar-refractivity contribution in [2.24, 2.45) is 0 Å². The van der Waals surface area contributed by atoms with Crippen LogP contribution in [0.1, 0.15) is 0 Å². The average molecular weight is 531 g/mol. The van der Waals surface area contributed by atoms with E-state index in [1.807, 2.05) is 134 Å². The maximum Gasteiger partial charge on any atom is 0.244 e. The molecule has 2 atom stereocenters. The van der Waals surface area contributed by atoms with Crippen molar-refractivity contribution >= 4 is 45.7 Å². The van der Waals surface area contributed by atoms with E-state index in [-0.39, 0.29) is 0 Å². The van der Waals surface area contributed by atoms with E-state index in [0.717, 1.165) is 19.6 Å². The third kappa shape index (κ3) is 4.88. The van der Waals surface area contributed by atoms with Gasteiger partial charge in [0.2, 0.25) is 7.90 Å². The molecule has 0 saturated heterocycles. The van der Waals surface area contributed by atoms with Gasteiger partial charge in [-0.25, -0.2) is 8.42 Å². The average Bonchev–Trinajstić information content (AvgIpc) is 2.86. The van der Waals surface area contributed by atoms with Gasteiger partial charge in [0.05, 0.1) is 0 Å². The highest BCUT2D eigenvalue weighted by atomic mass is 33.9. The fourth-order valence-corrected chi connectivity index (χ4v) is 32.6. The van der Waals surface area contributed by atoms with Crippen LogP contribution in [0.4, 0.5) is 0 Å². The van der Waals surface area contributed by atoms with Gasteiger partial charge < -0.3 is 0 Å². The summed E-state index contributed by atoms with van der Waals surface area (Å²) in [5.74, 6) is 0. The zero-order valence-corrected chi connectivity index (χ0v) is 22.5. The van der Waals surface area contributed by atoms with Gasteiger partial charge in [-0.15, -0.1) is 0 Å². The molecule has 0 aliphatic rings. The summed E-state index contributed by atoms with van der Waals surface area (Å²) >= 11 is 0. The van der Waals surface area contributed by atoms with Crippen LogP contribution in [0.15, 0.2) is 141 Å². The normalized spacial score (nSPS) is 17.3. The van der Waals surface area contributed by atoms with Crippen LogP contribution in [-0.4, -0.2) is 20.9 Å². The van der Waals surface area contributed by atoms with E-state index in [2.05, 4.69) is 0 Å². The van der Waals surface area contributed by atoms with E-state index < -0.39 is 24.1 Å². The summed E-state index contributed by atoms with van der Waals surface area (Å²) in [6.45, 7) is 0. The first-order valence-electron chi connectivity index (χ1n) is 10.3. The quantitative estimate of drug-likeness (QED) is 0.214. The van der Waals surface area contributed by atoms with Gasteiger partial charge in [-0.2, -0.15) is 0 Å². The Morgan fingerprint density at radius 3 is 1.03 bits per heavy atom. The lowest BCUT2D eigenvalue weighted by atomic mass is 10.4. The second-order valence-electron chi connectivity index (χ2n) is 7.37. The second-order valence-corrected chi connectivity index (χ2v) is 27.0. The number of hydrogen-bond acceptors (Lipinski definition) is 4. The Kier molecular flexibility index (Phi) is 7.56. The molecule has 0 heterocycles. The molecule has 33 heavy (non-hydrogen) atoms. The van der Waals surface area contributed by atoms with Crippen molar-refractivity contribution in [3.63, 3.8) is 0 Å². The molecule has 0 spiro atoms. The third-order valence-corrected chi connectivity index (χ3v) is 31.4. The first-order chi connectivity index (χ1) is 15.9. The first-order valence-corrected chi connectivity index (χ1v) is 19.5. The van der Waals surface area contributed by atoms with Gasteiger partial charge in [-0.05, 0) is 61.0 Å². The predicted octanol–water partition coefficient (Wildman–Crippen LogP) is 8.63. The van der Waals surface area contributed by atoms with Crippen LogP contribution in [0.3, 0.4) is 0 Å². The van der Waals surface area contributed by atoms with Gasteiger partial charge in [-0.1, -0.05) is 111 Å². The van der Waals surface area contributed by atoms with Crippen molar-refractivity contribution in [2.45, 2.75) is 19.6 Å². The van der Waals surface area contributed by atoms with Crippen molar-refractivity contribution in [1.29, 1.82) is 0 Å². The molecule has 0 bridgehead atoms. The summed E-state index contributed by atoms with van der Waals surface area (Å²) in [5.41, 5.74) is 0. The van der Waals surface area contributed by atoms with Gasteiger partial charge in [0.25, 0.3) is 0 Å². The Balaban J connectivity index is 1.93. The van der Waals surface area contributed by atoms with Crippen LogP contribution in [0.2, 0.25) is 0 Å². The monoisotopic (exact) mass is 530 g/mol. The summed E-state index contributed by atoms with van der Waals surface area (Å²) in [7, 11) is -5.44. The van der Waals surface area contributed by atoms with Crippen molar-refractivity contribution in [1.82, 2.24) is 0 Å². The van der Waals surface area contributed by atoms with E-state index in [1.54, 1.807) is 0 Å². The van der Waals surface area contributed by atoms with E-state index in [1.165, 1.54) is 21.6 Å². The Labute approximate surface area is 206 Å². The van der Waals surface area contributed by atoms with Crippen molar-refractivity contribution in [3.05, 3.63) is 121 Å². The maximum atomic E-state index is 14.9. The molecule has 7 heteroatoms. The summed E-state index contributed by atoms with van der Waals surface area (Å²) in [4.78, 5) is 3.65. The highest BCUT2D eigenvalue weighted by molar-refractivity contribution is 9.48. The van der Waals surface area contributed by atoms with Crippen LogP contribution in [0.5, 0.6) is 0 Å². The molecule has 2 nitrogen and oxygen atoms in total. The SMILES string of the molecule is CS(Sc1ccccc1)(c1ccccc1)S(=O)(=O)S(C)(Sc1ccccc1)c1ccccc1. The molecule has 0 N–H and O–H groups in total. The lowest BCUT2D eigenvalue weighted by Crippen LogP contribution is -2.16. The molecule has 0 aliphatic carbocycles. The Hall–Kier alpha value is -1.77. The highest BCUT2D eigenvalue weighted by Gasteiger charge is 2.48. The molecule has 4 aromatic rings. The smallest absolute Gasteiger partial charge is 0.207 e. The highest BCUT2D eigenvalue weighted by Crippen LogP contribution is 2.85.